The number of rotatable bonds is 7. The van der Waals surface area contributed by atoms with Gasteiger partial charge >= 0.3 is 144 Å². The average molecular weight is 344 g/mol. The van der Waals surface area contributed by atoms with Crippen LogP contribution in [0.4, 0.5) is 0 Å². The van der Waals surface area contributed by atoms with E-state index in [-0.39, 0.29) is 0 Å². The minimum atomic E-state index is -2.92. The van der Waals surface area contributed by atoms with E-state index >= 15 is 0 Å². The predicted molar refractivity (Wildman–Crippen MR) is 104 cm³/mol. The molecule has 0 fully saturated rings. The zero-order valence-corrected chi connectivity index (χ0v) is 15.5. The quantitative estimate of drug-likeness (QED) is 0.434. The standard InChI is InChI=1S/C20H25O3P/c1-4-21-24(22-5-2,23-6-3)20-13-9-12-18-14-16-10-7-8-11-17(16)15-19(18)20/h7-15,24H,4-6H2,1-3H3. The summed E-state index contributed by atoms with van der Waals surface area (Å²) in [5.41, 5.74) is 0. The Morgan fingerprint density at radius 1 is 0.667 bits per heavy atom. The van der Waals surface area contributed by atoms with Gasteiger partial charge in [-0.3, -0.25) is 0 Å². The van der Waals surface area contributed by atoms with E-state index in [0.29, 0.717) is 19.8 Å². The molecule has 0 aromatic heterocycles. The van der Waals surface area contributed by atoms with Crippen molar-refractivity contribution in [2.45, 2.75) is 20.8 Å². The van der Waals surface area contributed by atoms with Crippen LogP contribution in [-0.2, 0) is 13.6 Å². The fraction of sp³-hybridized carbons (Fsp3) is 0.300. The van der Waals surface area contributed by atoms with Crippen LogP contribution in [0.3, 0.4) is 0 Å². The van der Waals surface area contributed by atoms with Gasteiger partial charge in [-0.1, -0.05) is 0 Å². The van der Waals surface area contributed by atoms with Gasteiger partial charge in [0.25, 0.3) is 0 Å². The number of fused-ring (bicyclic) bond motifs is 2. The van der Waals surface area contributed by atoms with Crippen LogP contribution in [-0.4, -0.2) is 19.8 Å². The molecule has 4 heteroatoms. The van der Waals surface area contributed by atoms with Gasteiger partial charge in [-0.15, -0.1) is 0 Å². The SMILES string of the molecule is CCO[PH](OCC)(OCC)c1cccc2cc3ccccc3cc12. The molecule has 0 aliphatic rings. The topological polar surface area (TPSA) is 27.7 Å². The molecular formula is C20H25O3P. The molecule has 0 aliphatic heterocycles. The Hall–Kier alpha value is -1.51. The van der Waals surface area contributed by atoms with Gasteiger partial charge in [-0.25, -0.2) is 0 Å². The van der Waals surface area contributed by atoms with Gasteiger partial charge in [0.1, 0.15) is 0 Å². The maximum atomic E-state index is 6.11. The van der Waals surface area contributed by atoms with Crippen molar-refractivity contribution in [2.75, 3.05) is 19.8 Å². The molecule has 24 heavy (non-hydrogen) atoms. The number of hydrogen-bond donors (Lipinski definition) is 0. The summed E-state index contributed by atoms with van der Waals surface area (Å²) in [6.07, 6.45) is 0. The van der Waals surface area contributed by atoms with Crippen molar-refractivity contribution in [3.63, 3.8) is 0 Å². The molecule has 3 aromatic rings. The van der Waals surface area contributed by atoms with Gasteiger partial charge in [0.05, 0.1) is 0 Å². The first-order valence-electron chi connectivity index (χ1n) is 8.58. The van der Waals surface area contributed by atoms with Gasteiger partial charge in [-0.05, 0) is 0 Å². The van der Waals surface area contributed by atoms with Crippen molar-refractivity contribution in [2.24, 2.45) is 0 Å². The Morgan fingerprint density at radius 3 is 1.79 bits per heavy atom. The van der Waals surface area contributed by atoms with Gasteiger partial charge < -0.3 is 0 Å². The Balaban J connectivity index is 2.27. The molecule has 0 unspecified atom stereocenters. The van der Waals surface area contributed by atoms with Crippen molar-refractivity contribution in [3.8, 4) is 0 Å². The number of hydrogen-bond acceptors (Lipinski definition) is 3. The van der Waals surface area contributed by atoms with Crippen LogP contribution in [0, 0.1) is 0 Å². The Morgan fingerprint density at radius 2 is 1.21 bits per heavy atom. The molecule has 128 valence electrons. The summed E-state index contributed by atoms with van der Waals surface area (Å²) in [5.74, 6) is 0. The molecule has 0 saturated carbocycles. The van der Waals surface area contributed by atoms with Gasteiger partial charge in [0.15, 0.2) is 0 Å². The van der Waals surface area contributed by atoms with E-state index in [9.17, 15) is 0 Å². The summed E-state index contributed by atoms with van der Waals surface area (Å²) in [7, 11) is -2.92. The summed E-state index contributed by atoms with van der Waals surface area (Å²) in [6.45, 7) is 7.66. The molecule has 3 aromatic carbocycles. The van der Waals surface area contributed by atoms with Crippen molar-refractivity contribution in [1.82, 2.24) is 0 Å². The summed E-state index contributed by atoms with van der Waals surface area (Å²) in [5, 5.41) is 5.83. The van der Waals surface area contributed by atoms with E-state index in [1.807, 2.05) is 20.8 Å². The zero-order chi connectivity index (χ0) is 17.0. The first kappa shape index (κ1) is 17.3. The molecule has 0 N–H and O–H groups in total. The molecule has 3 nitrogen and oxygen atoms in total. The minimum absolute atomic E-state index is 0.566. The average Bonchev–Trinajstić information content (AvgIpc) is 2.60. The van der Waals surface area contributed by atoms with E-state index in [1.165, 1.54) is 16.2 Å². The van der Waals surface area contributed by atoms with Crippen LogP contribution >= 0.6 is 7.94 Å². The van der Waals surface area contributed by atoms with Crippen LogP contribution in [0.2, 0.25) is 0 Å². The molecule has 0 saturated heterocycles. The van der Waals surface area contributed by atoms with E-state index in [1.54, 1.807) is 0 Å². The molecule has 0 radical (unpaired) electrons. The molecule has 3 rings (SSSR count). The fourth-order valence-corrected chi connectivity index (χ4v) is 5.87. The van der Waals surface area contributed by atoms with Crippen LogP contribution in [0.1, 0.15) is 20.8 Å². The molecular weight excluding hydrogens is 319 g/mol. The van der Waals surface area contributed by atoms with E-state index < -0.39 is 7.94 Å². The van der Waals surface area contributed by atoms with Gasteiger partial charge in [-0.2, -0.15) is 0 Å². The van der Waals surface area contributed by atoms with Crippen LogP contribution in [0.5, 0.6) is 0 Å². The van der Waals surface area contributed by atoms with Crippen molar-refractivity contribution in [3.05, 3.63) is 54.6 Å². The second-order valence-corrected chi connectivity index (χ2v) is 8.10. The van der Waals surface area contributed by atoms with E-state index in [4.69, 9.17) is 13.6 Å². The maximum absolute atomic E-state index is 6.11. The second kappa shape index (κ2) is 7.58. The molecule has 0 bridgehead atoms. The monoisotopic (exact) mass is 344 g/mol. The molecule has 0 amide bonds. The number of benzene rings is 3. The predicted octanol–water partition coefficient (Wildman–Crippen LogP) is 5.22. The summed E-state index contributed by atoms with van der Waals surface area (Å²) in [6, 6.07) is 19.1. The fourth-order valence-electron chi connectivity index (χ4n) is 3.16. The van der Waals surface area contributed by atoms with Crippen LogP contribution < -0.4 is 5.30 Å². The third-order valence-corrected chi connectivity index (χ3v) is 7.18. The zero-order valence-electron chi connectivity index (χ0n) is 14.5. The van der Waals surface area contributed by atoms with E-state index in [0.717, 1.165) is 10.7 Å². The summed E-state index contributed by atoms with van der Waals surface area (Å²) >= 11 is 0. The Kier molecular flexibility index (Phi) is 5.47. The van der Waals surface area contributed by atoms with Crippen molar-refractivity contribution in [1.29, 1.82) is 0 Å². The third-order valence-electron chi connectivity index (χ3n) is 4.08. The summed E-state index contributed by atoms with van der Waals surface area (Å²) in [4.78, 5) is 0. The first-order valence-corrected chi connectivity index (χ1v) is 10.3. The van der Waals surface area contributed by atoms with Crippen LogP contribution in [0.25, 0.3) is 21.5 Å². The first-order chi connectivity index (χ1) is 11.7. The Labute approximate surface area is 144 Å². The van der Waals surface area contributed by atoms with Crippen LogP contribution in [0.15, 0.2) is 54.6 Å². The molecule has 0 spiro atoms. The second-order valence-electron chi connectivity index (χ2n) is 5.58. The molecule has 0 aliphatic carbocycles. The van der Waals surface area contributed by atoms with Crippen molar-refractivity contribution < 1.29 is 13.6 Å². The van der Waals surface area contributed by atoms with E-state index in [2.05, 4.69) is 54.6 Å². The van der Waals surface area contributed by atoms with Gasteiger partial charge in [0, 0.05) is 0 Å². The van der Waals surface area contributed by atoms with Gasteiger partial charge in [0.2, 0.25) is 0 Å². The third kappa shape index (κ3) is 3.18. The molecule has 0 heterocycles. The Bertz CT molecular complexity index is 814. The van der Waals surface area contributed by atoms with Crippen molar-refractivity contribution >= 4 is 34.8 Å². The summed E-state index contributed by atoms with van der Waals surface area (Å²) < 4.78 is 18.3. The molecule has 0 atom stereocenters. The normalized spacial score (nSPS) is 12.8.